The van der Waals surface area contributed by atoms with Gasteiger partial charge in [0.1, 0.15) is 11.6 Å². The number of aromatic nitrogens is 3. The number of amides is 2. The highest BCUT2D eigenvalue weighted by atomic mass is 32.2. The molecule has 156 valence electrons. The Kier molecular flexibility index (Phi) is 8.73. The van der Waals surface area contributed by atoms with Crippen molar-refractivity contribution in [2.24, 2.45) is 11.7 Å². The molecule has 0 saturated carbocycles. The number of carbonyl (C=O) groups is 2. The summed E-state index contributed by atoms with van der Waals surface area (Å²) in [5.74, 6) is 1.36. The molecular weight excluding hydrogens is 392 g/mol. The van der Waals surface area contributed by atoms with E-state index < -0.39 is 0 Å². The molecule has 0 unspecified atom stereocenters. The molecule has 2 amide bonds. The Balaban J connectivity index is 2.06. The highest BCUT2D eigenvalue weighted by Gasteiger charge is 2.19. The zero-order chi connectivity index (χ0) is 21.2. The fourth-order valence-electron chi connectivity index (χ4n) is 2.68. The number of nitriles is 1. The molecule has 10 heteroatoms. The molecular formula is C19H26N6O3S. The maximum absolute atomic E-state index is 12.7. The lowest BCUT2D eigenvalue weighted by molar-refractivity contribution is -0.129. The Labute approximate surface area is 174 Å². The summed E-state index contributed by atoms with van der Waals surface area (Å²) in [4.78, 5) is 25.4. The minimum atomic E-state index is -0.389. The van der Waals surface area contributed by atoms with Gasteiger partial charge in [0.15, 0.2) is 5.16 Å². The minimum absolute atomic E-state index is 0.112. The molecule has 0 aliphatic rings. The predicted molar refractivity (Wildman–Crippen MR) is 107 cm³/mol. The summed E-state index contributed by atoms with van der Waals surface area (Å²) in [6.07, 6.45) is 2.41. The first-order valence-electron chi connectivity index (χ1n) is 9.41. The summed E-state index contributed by atoms with van der Waals surface area (Å²) < 4.78 is 7.26. The third-order valence-corrected chi connectivity index (χ3v) is 4.99. The van der Waals surface area contributed by atoms with Crippen LogP contribution in [0.2, 0.25) is 0 Å². The summed E-state index contributed by atoms with van der Waals surface area (Å²) in [6.45, 7) is 5.48. The van der Waals surface area contributed by atoms with Crippen molar-refractivity contribution < 1.29 is 14.0 Å². The molecule has 0 aromatic carbocycles. The zero-order valence-corrected chi connectivity index (χ0v) is 17.5. The molecule has 0 fully saturated rings. The van der Waals surface area contributed by atoms with E-state index >= 15 is 0 Å². The summed E-state index contributed by atoms with van der Waals surface area (Å²) >= 11 is 1.30. The first-order chi connectivity index (χ1) is 13.9. The van der Waals surface area contributed by atoms with E-state index in [1.165, 1.54) is 11.8 Å². The van der Waals surface area contributed by atoms with Gasteiger partial charge >= 0.3 is 0 Å². The van der Waals surface area contributed by atoms with E-state index in [0.29, 0.717) is 48.7 Å². The molecule has 9 nitrogen and oxygen atoms in total. The van der Waals surface area contributed by atoms with Crippen molar-refractivity contribution >= 4 is 23.6 Å². The highest BCUT2D eigenvalue weighted by Crippen LogP contribution is 2.20. The van der Waals surface area contributed by atoms with Crippen molar-refractivity contribution in [3.8, 4) is 6.07 Å². The third kappa shape index (κ3) is 7.27. The molecule has 0 radical (unpaired) electrons. The van der Waals surface area contributed by atoms with E-state index in [0.717, 1.165) is 0 Å². The molecule has 2 aromatic rings. The van der Waals surface area contributed by atoms with Crippen molar-refractivity contribution in [1.82, 2.24) is 19.7 Å². The molecule has 0 atom stereocenters. The van der Waals surface area contributed by atoms with Gasteiger partial charge in [0.25, 0.3) is 0 Å². The second-order valence-corrected chi connectivity index (χ2v) is 7.90. The van der Waals surface area contributed by atoms with Gasteiger partial charge < -0.3 is 19.6 Å². The average Bonchev–Trinajstić information content (AvgIpc) is 3.31. The second-order valence-electron chi connectivity index (χ2n) is 6.96. The second kappa shape index (κ2) is 11.3. The van der Waals surface area contributed by atoms with Gasteiger partial charge in [-0.3, -0.25) is 9.59 Å². The molecule has 2 rings (SSSR count). The zero-order valence-electron chi connectivity index (χ0n) is 16.7. The van der Waals surface area contributed by atoms with Crippen LogP contribution in [0.4, 0.5) is 0 Å². The average molecular weight is 419 g/mol. The molecule has 29 heavy (non-hydrogen) atoms. The van der Waals surface area contributed by atoms with E-state index in [4.69, 9.17) is 15.4 Å². The number of hydrogen-bond donors (Lipinski definition) is 1. The Morgan fingerprint density at radius 1 is 1.41 bits per heavy atom. The number of aryl methyl sites for hydroxylation is 1. The number of primary amides is 1. The SMILES string of the molecule is CC(C)Cn1c(CCC(N)=O)nnc1SCC(=O)N(CCC#N)Cc1ccco1. The molecule has 2 aromatic heterocycles. The minimum Gasteiger partial charge on any atom is -0.467 e. The van der Waals surface area contributed by atoms with Crippen molar-refractivity contribution in [1.29, 1.82) is 5.26 Å². The van der Waals surface area contributed by atoms with Crippen LogP contribution in [-0.2, 0) is 29.1 Å². The highest BCUT2D eigenvalue weighted by molar-refractivity contribution is 7.99. The Morgan fingerprint density at radius 2 is 2.21 bits per heavy atom. The summed E-state index contributed by atoms with van der Waals surface area (Å²) in [5, 5.41) is 17.9. The molecule has 0 spiro atoms. The van der Waals surface area contributed by atoms with E-state index in [-0.39, 0.29) is 30.4 Å². The van der Waals surface area contributed by atoms with Gasteiger partial charge in [-0.1, -0.05) is 25.6 Å². The van der Waals surface area contributed by atoms with Gasteiger partial charge in [-0.15, -0.1) is 10.2 Å². The van der Waals surface area contributed by atoms with Crippen LogP contribution in [-0.4, -0.2) is 43.8 Å². The van der Waals surface area contributed by atoms with Crippen LogP contribution in [0, 0.1) is 17.2 Å². The molecule has 0 saturated heterocycles. The number of rotatable bonds is 12. The van der Waals surface area contributed by atoms with Gasteiger partial charge in [0, 0.05) is 25.9 Å². The summed E-state index contributed by atoms with van der Waals surface area (Å²) in [5.41, 5.74) is 5.24. The van der Waals surface area contributed by atoms with Crippen molar-refractivity contribution in [2.75, 3.05) is 12.3 Å². The summed E-state index contributed by atoms with van der Waals surface area (Å²) in [7, 11) is 0. The molecule has 0 bridgehead atoms. The van der Waals surface area contributed by atoms with E-state index in [9.17, 15) is 9.59 Å². The fourth-order valence-corrected chi connectivity index (χ4v) is 3.55. The maximum Gasteiger partial charge on any atom is 0.233 e. The Morgan fingerprint density at radius 3 is 2.83 bits per heavy atom. The van der Waals surface area contributed by atoms with E-state index in [1.54, 1.807) is 23.3 Å². The van der Waals surface area contributed by atoms with Crippen LogP contribution in [0.1, 0.15) is 38.3 Å². The standard InChI is InChI=1S/C19H26N6O3S/c1-14(2)11-25-17(7-6-16(21)26)22-23-19(25)29-13-18(27)24(9-4-8-20)12-15-5-3-10-28-15/h3,5,10,14H,4,6-7,9,11-13H2,1-2H3,(H2,21,26). The van der Waals surface area contributed by atoms with Gasteiger partial charge in [0.05, 0.1) is 31.1 Å². The molecule has 2 N–H and O–H groups in total. The van der Waals surface area contributed by atoms with Crippen LogP contribution >= 0.6 is 11.8 Å². The van der Waals surface area contributed by atoms with Crippen molar-refractivity contribution in [3.05, 3.63) is 30.0 Å². The van der Waals surface area contributed by atoms with Crippen LogP contribution in [0.3, 0.4) is 0 Å². The van der Waals surface area contributed by atoms with Crippen LogP contribution in [0.25, 0.3) is 0 Å². The van der Waals surface area contributed by atoms with Crippen molar-refractivity contribution in [3.63, 3.8) is 0 Å². The monoisotopic (exact) mass is 418 g/mol. The summed E-state index contributed by atoms with van der Waals surface area (Å²) in [6, 6.07) is 5.63. The maximum atomic E-state index is 12.7. The van der Waals surface area contributed by atoms with E-state index in [1.807, 2.05) is 4.57 Å². The number of furan rings is 1. The number of hydrogen-bond acceptors (Lipinski definition) is 7. The van der Waals surface area contributed by atoms with Crippen LogP contribution < -0.4 is 5.73 Å². The van der Waals surface area contributed by atoms with Gasteiger partial charge in [-0.05, 0) is 18.1 Å². The van der Waals surface area contributed by atoms with Crippen LogP contribution in [0.15, 0.2) is 28.0 Å². The first-order valence-corrected chi connectivity index (χ1v) is 10.4. The quantitative estimate of drug-likeness (QED) is 0.521. The largest absolute Gasteiger partial charge is 0.467 e. The number of carbonyl (C=O) groups excluding carboxylic acids is 2. The predicted octanol–water partition coefficient (Wildman–Crippen LogP) is 1.98. The lowest BCUT2D eigenvalue weighted by Gasteiger charge is -2.20. The smallest absolute Gasteiger partial charge is 0.233 e. The van der Waals surface area contributed by atoms with Crippen LogP contribution in [0.5, 0.6) is 0 Å². The third-order valence-electron chi connectivity index (χ3n) is 4.03. The fraction of sp³-hybridized carbons (Fsp3) is 0.526. The lowest BCUT2D eigenvalue weighted by Crippen LogP contribution is -2.32. The lowest BCUT2D eigenvalue weighted by atomic mass is 10.2. The first kappa shape index (κ1) is 22.5. The number of nitrogens with zero attached hydrogens (tertiary/aromatic N) is 5. The van der Waals surface area contributed by atoms with Gasteiger partial charge in [-0.25, -0.2) is 0 Å². The van der Waals surface area contributed by atoms with E-state index in [2.05, 4.69) is 30.1 Å². The number of thioether (sulfide) groups is 1. The van der Waals surface area contributed by atoms with Gasteiger partial charge in [-0.2, -0.15) is 5.26 Å². The normalized spacial score (nSPS) is 10.8. The molecule has 2 heterocycles. The Bertz CT molecular complexity index is 841. The molecule has 0 aliphatic heterocycles. The number of nitrogens with two attached hydrogens (primary N) is 1. The topological polar surface area (TPSA) is 131 Å². The van der Waals surface area contributed by atoms with Gasteiger partial charge in [0.2, 0.25) is 11.8 Å². The van der Waals surface area contributed by atoms with Crippen molar-refractivity contribution in [2.45, 2.75) is 51.4 Å². The molecule has 0 aliphatic carbocycles. The Hall–Kier alpha value is -2.80.